The summed E-state index contributed by atoms with van der Waals surface area (Å²) in [7, 11) is 0. The molecule has 0 radical (unpaired) electrons. The predicted molar refractivity (Wildman–Crippen MR) is 82.5 cm³/mol. The van der Waals surface area contributed by atoms with Crippen LogP contribution in [0.4, 0.5) is 0 Å². The van der Waals surface area contributed by atoms with Gasteiger partial charge in [-0.15, -0.1) is 0 Å². The molecule has 116 valence electrons. The molecular weight excluding hydrogens is 292 g/mol. The standard InChI is InChI=1S/C15H21ClN2O3/c1-11(2)18(12(3)19)9-8-17-15(20)10-21-14-6-4-13(16)5-7-14/h4-7,11H,8-10H2,1-3H3,(H,17,20). The maximum absolute atomic E-state index is 11.6. The molecule has 6 heteroatoms. The Morgan fingerprint density at radius 1 is 1.29 bits per heavy atom. The van der Waals surface area contributed by atoms with Gasteiger partial charge in [0, 0.05) is 31.1 Å². The molecule has 1 rings (SSSR count). The first kappa shape index (κ1) is 17.3. The van der Waals surface area contributed by atoms with Crippen molar-refractivity contribution in [2.24, 2.45) is 0 Å². The Kier molecular flexibility index (Phi) is 7.02. The van der Waals surface area contributed by atoms with E-state index in [2.05, 4.69) is 5.32 Å². The molecule has 1 N–H and O–H groups in total. The predicted octanol–water partition coefficient (Wildman–Crippen LogP) is 2.09. The van der Waals surface area contributed by atoms with Crippen LogP contribution in [0.3, 0.4) is 0 Å². The van der Waals surface area contributed by atoms with Crippen molar-refractivity contribution in [3.8, 4) is 5.75 Å². The van der Waals surface area contributed by atoms with Crippen LogP contribution in [0.25, 0.3) is 0 Å². The van der Waals surface area contributed by atoms with Crippen molar-refractivity contribution < 1.29 is 14.3 Å². The Balaban J connectivity index is 2.28. The first-order chi connectivity index (χ1) is 9.90. The summed E-state index contributed by atoms with van der Waals surface area (Å²) in [6.07, 6.45) is 0. The number of hydrogen-bond acceptors (Lipinski definition) is 3. The second kappa shape index (κ2) is 8.52. The summed E-state index contributed by atoms with van der Waals surface area (Å²) in [4.78, 5) is 24.7. The number of nitrogens with zero attached hydrogens (tertiary/aromatic N) is 1. The van der Waals surface area contributed by atoms with Crippen molar-refractivity contribution >= 4 is 23.4 Å². The van der Waals surface area contributed by atoms with Gasteiger partial charge in [-0.3, -0.25) is 9.59 Å². The molecule has 0 aliphatic heterocycles. The molecule has 1 aromatic carbocycles. The number of halogens is 1. The van der Waals surface area contributed by atoms with E-state index < -0.39 is 0 Å². The molecule has 0 spiro atoms. The number of rotatable bonds is 7. The van der Waals surface area contributed by atoms with Gasteiger partial charge in [-0.05, 0) is 38.1 Å². The van der Waals surface area contributed by atoms with E-state index in [0.717, 1.165) is 0 Å². The Morgan fingerprint density at radius 2 is 1.90 bits per heavy atom. The maximum Gasteiger partial charge on any atom is 0.258 e. The van der Waals surface area contributed by atoms with Crippen LogP contribution in [0.15, 0.2) is 24.3 Å². The molecule has 0 saturated carbocycles. The molecule has 0 bridgehead atoms. The fourth-order valence-electron chi connectivity index (χ4n) is 1.83. The molecule has 5 nitrogen and oxygen atoms in total. The van der Waals surface area contributed by atoms with Crippen molar-refractivity contribution in [2.75, 3.05) is 19.7 Å². The Morgan fingerprint density at radius 3 is 2.43 bits per heavy atom. The third kappa shape index (κ3) is 6.49. The highest BCUT2D eigenvalue weighted by Crippen LogP contribution is 2.15. The van der Waals surface area contributed by atoms with E-state index in [4.69, 9.17) is 16.3 Å². The third-order valence-electron chi connectivity index (χ3n) is 2.89. The van der Waals surface area contributed by atoms with Crippen molar-refractivity contribution in [3.63, 3.8) is 0 Å². The molecule has 0 aromatic heterocycles. The van der Waals surface area contributed by atoms with E-state index in [9.17, 15) is 9.59 Å². The third-order valence-corrected chi connectivity index (χ3v) is 3.14. The van der Waals surface area contributed by atoms with Crippen molar-refractivity contribution in [1.82, 2.24) is 10.2 Å². The summed E-state index contributed by atoms with van der Waals surface area (Å²) in [5, 5.41) is 3.34. The number of hydrogen-bond donors (Lipinski definition) is 1. The second-order valence-electron chi connectivity index (χ2n) is 4.90. The van der Waals surface area contributed by atoms with Gasteiger partial charge < -0.3 is 15.0 Å². The lowest BCUT2D eigenvalue weighted by atomic mass is 10.3. The van der Waals surface area contributed by atoms with Gasteiger partial charge in [-0.1, -0.05) is 11.6 Å². The zero-order valence-corrected chi connectivity index (χ0v) is 13.3. The van der Waals surface area contributed by atoms with Gasteiger partial charge in [0.1, 0.15) is 5.75 Å². The van der Waals surface area contributed by atoms with Gasteiger partial charge in [0.2, 0.25) is 5.91 Å². The molecule has 0 aliphatic carbocycles. The van der Waals surface area contributed by atoms with E-state index in [1.54, 1.807) is 29.2 Å². The molecule has 0 fully saturated rings. The largest absolute Gasteiger partial charge is 0.484 e. The van der Waals surface area contributed by atoms with Gasteiger partial charge in [0.15, 0.2) is 6.61 Å². The van der Waals surface area contributed by atoms with E-state index >= 15 is 0 Å². The highest BCUT2D eigenvalue weighted by atomic mass is 35.5. The Labute approximate surface area is 130 Å². The molecule has 21 heavy (non-hydrogen) atoms. The molecule has 2 amide bonds. The lowest BCUT2D eigenvalue weighted by Gasteiger charge is -2.25. The fraction of sp³-hybridized carbons (Fsp3) is 0.467. The van der Waals surface area contributed by atoms with Gasteiger partial charge in [0.25, 0.3) is 5.91 Å². The summed E-state index contributed by atoms with van der Waals surface area (Å²) >= 11 is 5.76. The molecule has 0 atom stereocenters. The Hall–Kier alpha value is -1.75. The topological polar surface area (TPSA) is 58.6 Å². The van der Waals surface area contributed by atoms with E-state index in [1.165, 1.54) is 6.92 Å². The van der Waals surface area contributed by atoms with Crippen molar-refractivity contribution in [3.05, 3.63) is 29.3 Å². The zero-order valence-electron chi connectivity index (χ0n) is 12.6. The van der Waals surface area contributed by atoms with Crippen LogP contribution in [0.2, 0.25) is 5.02 Å². The summed E-state index contributed by atoms with van der Waals surface area (Å²) in [6.45, 7) is 6.22. The zero-order chi connectivity index (χ0) is 15.8. The number of ether oxygens (including phenoxy) is 1. The van der Waals surface area contributed by atoms with Crippen LogP contribution in [0.1, 0.15) is 20.8 Å². The number of amides is 2. The highest BCUT2D eigenvalue weighted by Gasteiger charge is 2.12. The SMILES string of the molecule is CC(=O)N(CCNC(=O)COc1ccc(Cl)cc1)C(C)C. The average molecular weight is 313 g/mol. The normalized spacial score (nSPS) is 10.3. The van der Waals surface area contributed by atoms with Crippen LogP contribution >= 0.6 is 11.6 Å². The number of benzene rings is 1. The minimum atomic E-state index is -0.225. The lowest BCUT2D eigenvalue weighted by Crippen LogP contribution is -2.42. The van der Waals surface area contributed by atoms with Crippen LogP contribution in [0, 0.1) is 0 Å². The second-order valence-corrected chi connectivity index (χ2v) is 5.34. The molecule has 0 unspecified atom stereocenters. The lowest BCUT2D eigenvalue weighted by molar-refractivity contribution is -0.131. The number of nitrogens with one attached hydrogen (secondary N) is 1. The average Bonchev–Trinajstić information content (AvgIpc) is 2.42. The summed E-state index contributed by atoms with van der Waals surface area (Å²) in [5.41, 5.74) is 0. The monoisotopic (exact) mass is 312 g/mol. The smallest absolute Gasteiger partial charge is 0.258 e. The van der Waals surface area contributed by atoms with Crippen LogP contribution in [-0.2, 0) is 9.59 Å². The minimum Gasteiger partial charge on any atom is -0.484 e. The van der Waals surface area contributed by atoms with Gasteiger partial charge >= 0.3 is 0 Å². The fourth-order valence-corrected chi connectivity index (χ4v) is 1.95. The molecular formula is C15H21ClN2O3. The number of carbonyl (C=O) groups is 2. The molecule has 0 heterocycles. The van der Waals surface area contributed by atoms with Crippen molar-refractivity contribution in [1.29, 1.82) is 0 Å². The minimum absolute atomic E-state index is 0.00309. The van der Waals surface area contributed by atoms with Gasteiger partial charge in [0.05, 0.1) is 0 Å². The van der Waals surface area contributed by atoms with Gasteiger partial charge in [-0.25, -0.2) is 0 Å². The molecule has 0 saturated heterocycles. The summed E-state index contributed by atoms with van der Waals surface area (Å²) in [6, 6.07) is 6.91. The van der Waals surface area contributed by atoms with Gasteiger partial charge in [-0.2, -0.15) is 0 Å². The Bertz CT molecular complexity index is 474. The van der Waals surface area contributed by atoms with Crippen LogP contribution < -0.4 is 10.1 Å². The first-order valence-electron chi connectivity index (χ1n) is 6.82. The van der Waals surface area contributed by atoms with E-state index in [1.807, 2.05) is 13.8 Å². The first-order valence-corrected chi connectivity index (χ1v) is 7.20. The van der Waals surface area contributed by atoms with Crippen LogP contribution in [-0.4, -0.2) is 42.5 Å². The summed E-state index contributed by atoms with van der Waals surface area (Å²) < 4.78 is 5.32. The quantitative estimate of drug-likeness (QED) is 0.838. The summed E-state index contributed by atoms with van der Waals surface area (Å²) in [5.74, 6) is 0.357. The van der Waals surface area contributed by atoms with Crippen molar-refractivity contribution in [2.45, 2.75) is 26.8 Å². The van der Waals surface area contributed by atoms with Crippen LogP contribution in [0.5, 0.6) is 5.75 Å². The van der Waals surface area contributed by atoms with E-state index in [0.29, 0.717) is 23.9 Å². The molecule has 0 aliphatic rings. The maximum atomic E-state index is 11.6. The highest BCUT2D eigenvalue weighted by molar-refractivity contribution is 6.30. The van der Waals surface area contributed by atoms with E-state index in [-0.39, 0.29) is 24.5 Å². The number of carbonyl (C=O) groups excluding carboxylic acids is 2. The molecule has 1 aromatic rings.